The molecule has 0 spiro atoms. The van der Waals surface area contributed by atoms with Crippen molar-refractivity contribution in [1.29, 1.82) is 0 Å². The molecular formula is C22H25FN4O. The summed E-state index contributed by atoms with van der Waals surface area (Å²) in [5.41, 5.74) is 3.35. The second-order valence-corrected chi connectivity index (χ2v) is 7.23. The second-order valence-electron chi connectivity index (χ2n) is 7.23. The molecule has 0 bridgehead atoms. The van der Waals surface area contributed by atoms with Crippen LogP contribution in [0.15, 0.2) is 48.5 Å². The standard InChI is InChI=1S/C22H25FN4O/c23-18-5-3-15(4-6-18)16-1-2-17-14-21(27-20(17)13-16)22(28)26-12-11-25-19-7-9-24-10-8-19/h1-6,13-14,19,24-25,27H,7-12H2,(H,26,28). The average molecular weight is 380 g/mol. The van der Waals surface area contributed by atoms with Crippen LogP contribution in [0.25, 0.3) is 22.0 Å². The van der Waals surface area contributed by atoms with Gasteiger partial charge in [0.25, 0.3) is 5.91 Å². The minimum absolute atomic E-state index is 0.105. The maximum Gasteiger partial charge on any atom is 0.267 e. The molecular weight excluding hydrogens is 355 g/mol. The van der Waals surface area contributed by atoms with Gasteiger partial charge in [-0.05, 0) is 61.3 Å². The van der Waals surface area contributed by atoms with Crippen LogP contribution in [0.2, 0.25) is 0 Å². The van der Waals surface area contributed by atoms with E-state index in [9.17, 15) is 9.18 Å². The predicted molar refractivity (Wildman–Crippen MR) is 110 cm³/mol. The normalized spacial score (nSPS) is 15.0. The molecule has 2 aromatic carbocycles. The number of amides is 1. The van der Waals surface area contributed by atoms with Crippen molar-refractivity contribution in [3.05, 3.63) is 60.0 Å². The fraction of sp³-hybridized carbons (Fsp3) is 0.318. The van der Waals surface area contributed by atoms with Gasteiger partial charge in [0.1, 0.15) is 11.5 Å². The van der Waals surface area contributed by atoms with Gasteiger partial charge in [0.05, 0.1) is 0 Å². The Bertz CT molecular complexity index is 945. The molecule has 5 nitrogen and oxygen atoms in total. The number of rotatable bonds is 6. The van der Waals surface area contributed by atoms with Crippen molar-refractivity contribution in [2.45, 2.75) is 18.9 Å². The lowest BCUT2D eigenvalue weighted by atomic mass is 10.0. The minimum Gasteiger partial charge on any atom is -0.351 e. The molecule has 2 heterocycles. The first kappa shape index (κ1) is 18.7. The van der Waals surface area contributed by atoms with Crippen LogP contribution in [0, 0.1) is 5.82 Å². The number of aromatic amines is 1. The van der Waals surface area contributed by atoms with Gasteiger partial charge in [0.2, 0.25) is 0 Å². The number of hydrogen-bond acceptors (Lipinski definition) is 3. The Labute approximate surface area is 163 Å². The molecule has 0 atom stereocenters. The average Bonchev–Trinajstić information content (AvgIpc) is 3.16. The second kappa shape index (κ2) is 8.54. The fourth-order valence-electron chi connectivity index (χ4n) is 3.64. The Morgan fingerprint density at radius 3 is 2.54 bits per heavy atom. The molecule has 1 aliphatic rings. The third-order valence-electron chi connectivity index (χ3n) is 5.23. The van der Waals surface area contributed by atoms with Crippen LogP contribution in [0.1, 0.15) is 23.3 Å². The molecule has 0 unspecified atom stereocenters. The largest absolute Gasteiger partial charge is 0.351 e. The highest BCUT2D eigenvalue weighted by Gasteiger charge is 2.13. The summed E-state index contributed by atoms with van der Waals surface area (Å²) in [5.74, 6) is -0.357. The molecule has 0 saturated carbocycles. The lowest BCUT2D eigenvalue weighted by Gasteiger charge is -2.23. The third-order valence-corrected chi connectivity index (χ3v) is 5.23. The monoisotopic (exact) mass is 380 g/mol. The number of piperidine rings is 1. The van der Waals surface area contributed by atoms with Gasteiger partial charge in [-0.25, -0.2) is 4.39 Å². The minimum atomic E-state index is -0.252. The lowest BCUT2D eigenvalue weighted by molar-refractivity contribution is 0.0949. The van der Waals surface area contributed by atoms with Crippen molar-refractivity contribution in [3.8, 4) is 11.1 Å². The van der Waals surface area contributed by atoms with E-state index in [1.807, 2.05) is 24.3 Å². The maximum atomic E-state index is 13.1. The van der Waals surface area contributed by atoms with Crippen LogP contribution < -0.4 is 16.0 Å². The Morgan fingerprint density at radius 1 is 1.00 bits per heavy atom. The van der Waals surface area contributed by atoms with E-state index in [2.05, 4.69) is 20.9 Å². The topological polar surface area (TPSA) is 69.0 Å². The molecule has 6 heteroatoms. The molecule has 4 rings (SSSR count). The molecule has 28 heavy (non-hydrogen) atoms. The van der Waals surface area contributed by atoms with Crippen molar-refractivity contribution in [2.24, 2.45) is 0 Å². The molecule has 0 aliphatic carbocycles. The van der Waals surface area contributed by atoms with Crippen molar-refractivity contribution in [1.82, 2.24) is 20.9 Å². The molecule has 4 N–H and O–H groups in total. The predicted octanol–water partition coefficient (Wildman–Crippen LogP) is 3.05. The van der Waals surface area contributed by atoms with Crippen LogP contribution in [0.3, 0.4) is 0 Å². The molecule has 1 aromatic heterocycles. The fourth-order valence-corrected chi connectivity index (χ4v) is 3.64. The van der Waals surface area contributed by atoms with E-state index in [4.69, 9.17) is 0 Å². The number of fused-ring (bicyclic) bond motifs is 1. The number of aromatic nitrogens is 1. The first-order valence-corrected chi connectivity index (χ1v) is 9.80. The number of benzene rings is 2. The Balaban J connectivity index is 1.36. The number of carbonyl (C=O) groups is 1. The van der Waals surface area contributed by atoms with E-state index in [1.165, 1.54) is 12.1 Å². The molecule has 1 fully saturated rings. The number of halogens is 1. The van der Waals surface area contributed by atoms with Gasteiger partial charge in [-0.3, -0.25) is 4.79 Å². The summed E-state index contributed by atoms with van der Waals surface area (Å²) in [5, 5.41) is 10.8. The van der Waals surface area contributed by atoms with Crippen LogP contribution in [0.4, 0.5) is 4.39 Å². The zero-order valence-corrected chi connectivity index (χ0v) is 15.7. The van der Waals surface area contributed by atoms with E-state index in [-0.39, 0.29) is 11.7 Å². The summed E-state index contributed by atoms with van der Waals surface area (Å²) in [6, 6.07) is 14.7. The number of carbonyl (C=O) groups excluding carboxylic acids is 1. The van der Waals surface area contributed by atoms with Crippen LogP contribution in [0.5, 0.6) is 0 Å². The number of H-pyrrole nitrogens is 1. The summed E-state index contributed by atoms with van der Waals surface area (Å²) in [7, 11) is 0. The van der Waals surface area contributed by atoms with Crippen LogP contribution >= 0.6 is 0 Å². The third kappa shape index (κ3) is 4.40. The van der Waals surface area contributed by atoms with Crippen molar-refractivity contribution < 1.29 is 9.18 Å². The summed E-state index contributed by atoms with van der Waals surface area (Å²) >= 11 is 0. The van der Waals surface area contributed by atoms with E-state index < -0.39 is 0 Å². The van der Waals surface area contributed by atoms with E-state index >= 15 is 0 Å². The van der Waals surface area contributed by atoms with Crippen molar-refractivity contribution in [2.75, 3.05) is 26.2 Å². The zero-order chi connectivity index (χ0) is 19.3. The van der Waals surface area contributed by atoms with Crippen LogP contribution in [-0.4, -0.2) is 43.1 Å². The molecule has 3 aromatic rings. The molecule has 146 valence electrons. The maximum absolute atomic E-state index is 13.1. The Kier molecular flexibility index (Phi) is 5.69. The van der Waals surface area contributed by atoms with E-state index in [0.717, 1.165) is 54.5 Å². The lowest BCUT2D eigenvalue weighted by Crippen LogP contribution is -2.42. The quantitative estimate of drug-likeness (QED) is 0.497. The van der Waals surface area contributed by atoms with Crippen LogP contribution in [-0.2, 0) is 0 Å². The molecule has 1 aliphatic heterocycles. The smallest absolute Gasteiger partial charge is 0.267 e. The molecule has 1 saturated heterocycles. The summed E-state index contributed by atoms with van der Waals surface area (Å²) < 4.78 is 13.1. The Hall–Kier alpha value is -2.70. The van der Waals surface area contributed by atoms with Gasteiger partial charge in [-0.2, -0.15) is 0 Å². The van der Waals surface area contributed by atoms with Crippen molar-refractivity contribution in [3.63, 3.8) is 0 Å². The summed E-state index contributed by atoms with van der Waals surface area (Å²) in [6.07, 6.45) is 2.26. The Morgan fingerprint density at radius 2 is 1.75 bits per heavy atom. The van der Waals surface area contributed by atoms with Gasteiger partial charge in [-0.1, -0.05) is 24.3 Å². The highest BCUT2D eigenvalue weighted by atomic mass is 19.1. The SMILES string of the molecule is O=C(NCCNC1CCNCC1)c1cc2ccc(-c3ccc(F)cc3)cc2[nH]1. The van der Waals surface area contributed by atoms with Gasteiger partial charge >= 0.3 is 0 Å². The van der Waals surface area contributed by atoms with Gasteiger partial charge in [0.15, 0.2) is 0 Å². The molecule has 0 radical (unpaired) electrons. The van der Waals surface area contributed by atoms with Gasteiger partial charge in [0, 0.05) is 30.0 Å². The van der Waals surface area contributed by atoms with E-state index in [0.29, 0.717) is 18.3 Å². The highest BCUT2D eigenvalue weighted by Crippen LogP contribution is 2.25. The van der Waals surface area contributed by atoms with E-state index in [1.54, 1.807) is 12.1 Å². The summed E-state index contributed by atoms with van der Waals surface area (Å²) in [4.78, 5) is 15.6. The van der Waals surface area contributed by atoms with Gasteiger partial charge < -0.3 is 20.9 Å². The van der Waals surface area contributed by atoms with Gasteiger partial charge in [-0.15, -0.1) is 0 Å². The molecule has 1 amide bonds. The summed E-state index contributed by atoms with van der Waals surface area (Å²) in [6.45, 7) is 3.47. The first-order valence-electron chi connectivity index (χ1n) is 9.80. The first-order chi connectivity index (χ1) is 13.7. The highest BCUT2D eigenvalue weighted by molar-refractivity contribution is 5.98. The van der Waals surface area contributed by atoms with Crippen molar-refractivity contribution >= 4 is 16.8 Å². The zero-order valence-electron chi connectivity index (χ0n) is 15.7. The number of hydrogen-bond donors (Lipinski definition) is 4. The number of nitrogens with one attached hydrogen (secondary N) is 4.